The summed E-state index contributed by atoms with van der Waals surface area (Å²) in [5, 5.41) is -0.144. The fourth-order valence-corrected chi connectivity index (χ4v) is 4.12. The van der Waals surface area contributed by atoms with E-state index in [0.717, 1.165) is 19.3 Å². The smallest absolute Gasteiger partial charge is 0.153 e. The van der Waals surface area contributed by atoms with E-state index < -0.39 is 9.84 Å². The molecule has 1 fully saturated rings. The minimum Gasteiger partial charge on any atom is -0.330 e. The Morgan fingerprint density at radius 1 is 1.36 bits per heavy atom. The van der Waals surface area contributed by atoms with Crippen molar-refractivity contribution >= 4 is 9.84 Å². The molecule has 1 aliphatic heterocycles. The van der Waals surface area contributed by atoms with E-state index in [-0.39, 0.29) is 10.7 Å². The van der Waals surface area contributed by atoms with Crippen LogP contribution in [0.15, 0.2) is 0 Å². The van der Waals surface area contributed by atoms with E-state index in [4.69, 9.17) is 5.73 Å². The lowest BCUT2D eigenvalue weighted by molar-refractivity contribution is 0.327. The molecule has 0 aromatic rings. The summed E-state index contributed by atoms with van der Waals surface area (Å²) in [6, 6.07) is 0. The van der Waals surface area contributed by atoms with E-state index in [2.05, 4.69) is 0 Å². The van der Waals surface area contributed by atoms with Crippen molar-refractivity contribution in [3.05, 3.63) is 0 Å². The zero-order chi connectivity index (χ0) is 10.8. The normalized spacial score (nSPS) is 27.5. The Bertz CT molecular complexity index is 282. The second-order valence-corrected chi connectivity index (χ2v) is 7.46. The number of hydrogen-bond donors (Lipinski definition) is 1. The highest BCUT2D eigenvalue weighted by molar-refractivity contribution is 7.92. The highest BCUT2D eigenvalue weighted by atomic mass is 32.2. The molecule has 0 aromatic carbocycles. The zero-order valence-electron chi connectivity index (χ0n) is 9.12. The van der Waals surface area contributed by atoms with Gasteiger partial charge in [-0.1, -0.05) is 20.3 Å². The second-order valence-electron chi connectivity index (χ2n) is 5.06. The van der Waals surface area contributed by atoms with Crippen LogP contribution in [0.1, 0.15) is 39.5 Å². The van der Waals surface area contributed by atoms with Crippen LogP contribution >= 0.6 is 0 Å². The van der Waals surface area contributed by atoms with Crippen LogP contribution in [0.3, 0.4) is 0 Å². The van der Waals surface area contributed by atoms with Gasteiger partial charge in [-0.2, -0.15) is 0 Å². The van der Waals surface area contributed by atoms with Crippen LogP contribution in [-0.2, 0) is 9.84 Å². The summed E-state index contributed by atoms with van der Waals surface area (Å²) in [5.74, 6) is 0.373. The minimum absolute atomic E-state index is 0.0466. The molecule has 14 heavy (non-hydrogen) atoms. The number of nitrogens with two attached hydrogens (primary N) is 1. The van der Waals surface area contributed by atoms with Crippen LogP contribution in [0.4, 0.5) is 0 Å². The molecule has 2 N–H and O–H groups in total. The third-order valence-electron chi connectivity index (χ3n) is 3.05. The fourth-order valence-electron chi connectivity index (χ4n) is 1.95. The molecule has 0 radical (unpaired) electrons. The topological polar surface area (TPSA) is 60.2 Å². The Morgan fingerprint density at radius 2 is 2.00 bits per heavy atom. The van der Waals surface area contributed by atoms with Gasteiger partial charge in [0, 0.05) is 0 Å². The molecule has 84 valence electrons. The first-order chi connectivity index (χ1) is 6.37. The lowest BCUT2D eigenvalue weighted by Crippen LogP contribution is -2.35. The van der Waals surface area contributed by atoms with Gasteiger partial charge in [-0.25, -0.2) is 8.42 Å². The first-order valence-electron chi connectivity index (χ1n) is 5.29. The van der Waals surface area contributed by atoms with Crippen molar-refractivity contribution in [2.45, 2.75) is 44.8 Å². The van der Waals surface area contributed by atoms with Crippen molar-refractivity contribution < 1.29 is 8.42 Å². The van der Waals surface area contributed by atoms with Gasteiger partial charge in [0.25, 0.3) is 0 Å². The third-order valence-corrected chi connectivity index (χ3v) is 5.32. The third kappa shape index (κ3) is 2.95. The standard InChI is InChI=1S/C10H21NO2S/c1-10(2,8-11)7-9-5-3-4-6-14(9,12)13/h9H,3-8,11H2,1-2H3. The fraction of sp³-hybridized carbons (Fsp3) is 1.00. The number of hydrogen-bond acceptors (Lipinski definition) is 3. The summed E-state index contributed by atoms with van der Waals surface area (Å²) in [4.78, 5) is 0. The van der Waals surface area contributed by atoms with Crippen LogP contribution in [0, 0.1) is 5.41 Å². The predicted molar refractivity (Wildman–Crippen MR) is 58.9 cm³/mol. The highest BCUT2D eigenvalue weighted by Crippen LogP contribution is 2.30. The molecular formula is C10H21NO2S. The largest absolute Gasteiger partial charge is 0.330 e. The van der Waals surface area contributed by atoms with Gasteiger partial charge in [-0.15, -0.1) is 0 Å². The first-order valence-corrected chi connectivity index (χ1v) is 7.00. The van der Waals surface area contributed by atoms with Gasteiger partial charge in [0.15, 0.2) is 9.84 Å². The Labute approximate surface area is 87.0 Å². The summed E-state index contributed by atoms with van der Waals surface area (Å²) in [7, 11) is -2.82. The lowest BCUT2D eigenvalue weighted by atomic mass is 9.86. The van der Waals surface area contributed by atoms with E-state index in [1.54, 1.807) is 0 Å². The Hall–Kier alpha value is -0.0900. The first kappa shape index (κ1) is 12.0. The van der Waals surface area contributed by atoms with Crippen molar-refractivity contribution in [1.82, 2.24) is 0 Å². The molecule has 1 atom stereocenters. The van der Waals surface area contributed by atoms with E-state index >= 15 is 0 Å². The van der Waals surface area contributed by atoms with Crippen LogP contribution < -0.4 is 5.73 Å². The Balaban J connectivity index is 2.68. The van der Waals surface area contributed by atoms with Crippen LogP contribution in [0.25, 0.3) is 0 Å². The van der Waals surface area contributed by atoms with Crippen molar-refractivity contribution in [1.29, 1.82) is 0 Å². The molecule has 1 rings (SSSR count). The van der Waals surface area contributed by atoms with Gasteiger partial charge in [0.1, 0.15) is 0 Å². The van der Waals surface area contributed by atoms with E-state index in [0.29, 0.717) is 18.7 Å². The molecule has 0 aliphatic carbocycles. The van der Waals surface area contributed by atoms with Gasteiger partial charge < -0.3 is 5.73 Å². The van der Waals surface area contributed by atoms with Crippen molar-refractivity contribution in [3.8, 4) is 0 Å². The maximum absolute atomic E-state index is 11.7. The molecule has 4 heteroatoms. The van der Waals surface area contributed by atoms with E-state index in [1.165, 1.54) is 0 Å². The molecule has 0 saturated carbocycles. The SMILES string of the molecule is CC(C)(CN)CC1CCCCS1(=O)=O. The van der Waals surface area contributed by atoms with Crippen molar-refractivity contribution in [3.63, 3.8) is 0 Å². The van der Waals surface area contributed by atoms with E-state index in [9.17, 15) is 8.42 Å². The molecule has 3 nitrogen and oxygen atoms in total. The van der Waals surface area contributed by atoms with Gasteiger partial charge in [0.2, 0.25) is 0 Å². The summed E-state index contributed by atoms with van der Waals surface area (Å²) in [5.41, 5.74) is 5.57. The van der Waals surface area contributed by atoms with Gasteiger partial charge in [-0.3, -0.25) is 0 Å². The minimum atomic E-state index is -2.82. The maximum atomic E-state index is 11.7. The number of rotatable bonds is 3. The molecule has 1 saturated heterocycles. The summed E-state index contributed by atoms with van der Waals surface area (Å²) in [6.07, 6.45) is 3.42. The summed E-state index contributed by atoms with van der Waals surface area (Å²) >= 11 is 0. The molecule has 0 aromatic heterocycles. The van der Waals surface area contributed by atoms with Gasteiger partial charge in [-0.05, 0) is 31.2 Å². The average molecular weight is 219 g/mol. The molecule has 1 unspecified atom stereocenters. The monoisotopic (exact) mass is 219 g/mol. The van der Waals surface area contributed by atoms with Crippen LogP contribution in [0.2, 0.25) is 0 Å². The van der Waals surface area contributed by atoms with Crippen molar-refractivity contribution in [2.24, 2.45) is 11.1 Å². The maximum Gasteiger partial charge on any atom is 0.153 e. The molecule has 1 aliphatic rings. The quantitative estimate of drug-likeness (QED) is 0.779. The van der Waals surface area contributed by atoms with E-state index in [1.807, 2.05) is 13.8 Å². The molecule has 0 bridgehead atoms. The second kappa shape index (κ2) is 4.19. The Morgan fingerprint density at radius 3 is 2.50 bits per heavy atom. The molecule has 0 spiro atoms. The lowest BCUT2D eigenvalue weighted by Gasteiger charge is -2.30. The molecule has 1 heterocycles. The van der Waals surface area contributed by atoms with Gasteiger partial charge in [0.05, 0.1) is 11.0 Å². The van der Waals surface area contributed by atoms with Crippen LogP contribution in [-0.4, -0.2) is 26.0 Å². The predicted octanol–water partition coefficient (Wildman–Crippen LogP) is 1.33. The molecule has 0 amide bonds. The van der Waals surface area contributed by atoms with Crippen LogP contribution in [0.5, 0.6) is 0 Å². The Kier molecular flexibility index (Phi) is 3.58. The summed E-state index contributed by atoms with van der Waals surface area (Å²) < 4.78 is 23.5. The highest BCUT2D eigenvalue weighted by Gasteiger charge is 2.33. The number of sulfone groups is 1. The van der Waals surface area contributed by atoms with Crippen molar-refractivity contribution in [2.75, 3.05) is 12.3 Å². The molecular weight excluding hydrogens is 198 g/mol. The average Bonchev–Trinajstić information content (AvgIpc) is 2.09. The van der Waals surface area contributed by atoms with Gasteiger partial charge >= 0.3 is 0 Å². The summed E-state index contributed by atoms with van der Waals surface area (Å²) in [6.45, 7) is 4.63. The zero-order valence-corrected chi connectivity index (χ0v) is 9.94.